The minimum absolute atomic E-state index is 0.182. The van der Waals surface area contributed by atoms with Crippen molar-refractivity contribution < 1.29 is 27.4 Å². The number of rotatable bonds is 6. The third kappa shape index (κ3) is 6.21. The van der Waals surface area contributed by atoms with Gasteiger partial charge in [-0.3, -0.25) is 4.79 Å². The number of alkyl halides is 3. The lowest BCUT2D eigenvalue weighted by Gasteiger charge is -2.09. The Morgan fingerprint density at radius 1 is 1.12 bits per heavy atom. The zero-order valence-electron chi connectivity index (χ0n) is 13.3. The van der Waals surface area contributed by atoms with E-state index >= 15 is 0 Å². The zero-order chi connectivity index (χ0) is 18.3. The van der Waals surface area contributed by atoms with Gasteiger partial charge in [0.15, 0.2) is 0 Å². The average molecular weight is 351 g/mol. The number of para-hydroxylation sites is 1. The summed E-state index contributed by atoms with van der Waals surface area (Å²) in [5, 5.41) is 2.64. The number of ether oxygens (including phenoxy) is 2. The van der Waals surface area contributed by atoms with Gasteiger partial charge in [-0.15, -0.1) is 13.2 Å². The largest absolute Gasteiger partial charge is 0.573 e. The minimum Gasteiger partial charge on any atom is -0.496 e. The summed E-state index contributed by atoms with van der Waals surface area (Å²) in [5.74, 6) is 0.00646. The Bertz CT molecular complexity index is 740. The van der Waals surface area contributed by atoms with Gasteiger partial charge in [0.2, 0.25) is 5.91 Å². The van der Waals surface area contributed by atoms with Gasteiger partial charge in [-0.25, -0.2) is 0 Å². The number of carbonyl (C=O) groups is 1. The fourth-order valence-corrected chi connectivity index (χ4v) is 2.03. The molecule has 0 radical (unpaired) electrons. The zero-order valence-corrected chi connectivity index (χ0v) is 13.3. The number of nitrogens with one attached hydrogen (secondary N) is 1. The predicted molar refractivity (Wildman–Crippen MR) is 87.0 cm³/mol. The number of amides is 1. The van der Waals surface area contributed by atoms with Crippen molar-refractivity contribution in [1.29, 1.82) is 0 Å². The molecule has 2 rings (SSSR count). The van der Waals surface area contributed by atoms with Gasteiger partial charge in [-0.05, 0) is 29.8 Å². The fraction of sp³-hybridized carbons (Fsp3) is 0.167. The predicted octanol–water partition coefficient (Wildman–Crippen LogP) is 3.92. The van der Waals surface area contributed by atoms with E-state index in [9.17, 15) is 18.0 Å². The Labute approximate surface area is 142 Å². The maximum Gasteiger partial charge on any atom is 0.573 e. The summed E-state index contributed by atoms with van der Waals surface area (Å²) in [6.07, 6.45) is -1.74. The molecular formula is C18H16F3NO3. The van der Waals surface area contributed by atoms with Gasteiger partial charge in [0, 0.05) is 18.2 Å². The lowest BCUT2D eigenvalue weighted by molar-refractivity contribution is -0.274. The van der Waals surface area contributed by atoms with Crippen LogP contribution in [0.2, 0.25) is 0 Å². The molecule has 1 amide bonds. The molecule has 2 aromatic rings. The molecule has 0 aromatic heterocycles. The molecule has 0 atom stereocenters. The fourth-order valence-electron chi connectivity index (χ4n) is 2.03. The molecule has 0 aliphatic rings. The Kier molecular flexibility index (Phi) is 6.05. The highest BCUT2D eigenvalue weighted by Gasteiger charge is 2.30. The van der Waals surface area contributed by atoms with E-state index in [1.165, 1.54) is 30.3 Å². The monoisotopic (exact) mass is 351 g/mol. The van der Waals surface area contributed by atoms with Crippen LogP contribution in [-0.2, 0) is 11.3 Å². The van der Waals surface area contributed by atoms with Crippen molar-refractivity contribution in [3.8, 4) is 11.5 Å². The van der Waals surface area contributed by atoms with Crippen LogP contribution >= 0.6 is 0 Å². The van der Waals surface area contributed by atoms with Crippen LogP contribution in [0.25, 0.3) is 6.08 Å². The number of hydrogen-bond acceptors (Lipinski definition) is 3. The Hall–Kier alpha value is -2.96. The first-order chi connectivity index (χ1) is 11.9. The van der Waals surface area contributed by atoms with Crippen molar-refractivity contribution in [2.45, 2.75) is 12.9 Å². The molecule has 0 fully saturated rings. The van der Waals surface area contributed by atoms with Crippen molar-refractivity contribution in [3.05, 3.63) is 65.7 Å². The second-order valence-electron chi connectivity index (χ2n) is 4.98. The lowest BCUT2D eigenvalue weighted by atomic mass is 10.2. The maximum absolute atomic E-state index is 12.1. The Morgan fingerprint density at radius 2 is 1.80 bits per heavy atom. The minimum atomic E-state index is -4.72. The third-order valence-electron chi connectivity index (χ3n) is 3.18. The highest BCUT2D eigenvalue weighted by molar-refractivity contribution is 5.92. The van der Waals surface area contributed by atoms with Crippen LogP contribution in [0.4, 0.5) is 13.2 Å². The second-order valence-corrected chi connectivity index (χ2v) is 4.98. The van der Waals surface area contributed by atoms with Crippen molar-refractivity contribution in [2.75, 3.05) is 7.11 Å². The summed E-state index contributed by atoms with van der Waals surface area (Å²) in [4.78, 5) is 11.8. The molecule has 0 bridgehead atoms. The van der Waals surface area contributed by atoms with Crippen LogP contribution in [0.5, 0.6) is 11.5 Å². The number of benzene rings is 2. The first-order valence-electron chi connectivity index (χ1n) is 7.31. The van der Waals surface area contributed by atoms with E-state index < -0.39 is 6.36 Å². The summed E-state index contributed by atoms with van der Waals surface area (Å²) in [5.41, 5.74) is 1.40. The van der Waals surface area contributed by atoms with Crippen LogP contribution in [0.3, 0.4) is 0 Å². The van der Waals surface area contributed by atoms with Crippen molar-refractivity contribution in [3.63, 3.8) is 0 Å². The smallest absolute Gasteiger partial charge is 0.496 e. The van der Waals surface area contributed by atoms with Crippen LogP contribution in [0.1, 0.15) is 11.1 Å². The molecule has 132 valence electrons. The molecule has 2 aromatic carbocycles. The number of halogens is 3. The van der Waals surface area contributed by atoms with Gasteiger partial charge in [0.1, 0.15) is 11.5 Å². The van der Waals surface area contributed by atoms with E-state index in [4.69, 9.17) is 4.74 Å². The highest BCUT2D eigenvalue weighted by Crippen LogP contribution is 2.22. The third-order valence-corrected chi connectivity index (χ3v) is 3.18. The molecule has 0 spiro atoms. The molecule has 0 unspecified atom stereocenters. The number of methoxy groups -OCH3 is 1. The van der Waals surface area contributed by atoms with E-state index in [0.717, 1.165) is 5.56 Å². The van der Waals surface area contributed by atoms with Gasteiger partial charge < -0.3 is 14.8 Å². The molecule has 4 nitrogen and oxygen atoms in total. The van der Waals surface area contributed by atoms with Crippen molar-refractivity contribution >= 4 is 12.0 Å². The molecule has 1 N–H and O–H groups in total. The van der Waals surface area contributed by atoms with Gasteiger partial charge in [-0.1, -0.05) is 30.3 Å². The topological polar surface area (TPSA) is 47.6 Å². The first kappa shape index (κ1) is 18.4. The second kappa shape index (κ2) is 8.23. The lowest BCUT2D eigenvalue weighted by Crippen LogP contribution is -2.20. The average Bonchev–Trinajstić information content (AvgIpc) is 2.58. The maximum atomic E-state index is 12.1. The molecule has 7 heteroatoms. The van der Waals surface area contributed by atoms with E-state index in [-0.39, 0.29) is 18.2 Å². The first-order valence-corrected chi connectivity index (χ1v) is 7.31. The van der Waals surface area contributed by atoms with E-state index in [1.807, 2.05) is 18.2 Å². The molecule has 0 heterocycles. The van der Waals surface area contributed by atoms with Crippen LogP contribution in [0.15, 0.2) is 54.6 Å². The number of hydrogen-bond donors (Lipinski definition) is 1. The van der Waals surface area contributed by atoms with Gasteiger partial charge >= 0.3 is 6.36 Å². The van der Waals surface area contributed by atoms with Gasteiger partial charge in [-0.2, -0.15) is 0 Å². The molecule has 0 saturated heterocycles. The Morgan fingerprint density at radius 3 is 2.44 bits per heavy atom. The van der Waals surface area contributed by atoms with Crippen LogP contribution in [-0.4, -0.2) is 19.4 Å². The summed E-state index contributed by atoms with van der Waals surface area (Å²) < 4.78 is 45.2. The van der Waals surface area contributed by atoms with E-state index in [0.29, 0.717) is 11.3 Å². The summed E-state index contributed by atoms with van der Waals surface area (Å²) >= 11 is 0. The molecular weight excluding hydrogens is 335 g/mol. The van der Waals surface area contributed by atoms with E-state index in [2.05, 4.69) is 10.1 Å². The summed E-state index contributed by atoms with van der Waals surface area (Å²) in [7, 11) is 1.54. The van der Waals surface area contributed by atoms with Crippen molar-refractivity contribution in [1.82, 2.24) is 5.32 Å². The molecule has 25 heavy (non-hydrogen) atoms. The number of carbonyl (C=O) groups excluding carboxylic acids is 1. The summed E-state index contributed by atoms with van der Waals surface area (Å²) in [6, 6.07) is 12.5. The molecule has 0 aliphatic carbocycles. The SMILES string of the molecule is COc1ccccc1C=CC(=O)NCc1ccc(OC(F)(F)F)cc1. The standard InChI is InChI=1S/C18H16F3NO3/c1-24-16-5-3-2-4-14(16)8-11-17(23)22-12-13-6-9-15(10-7-13)25-18(19,20)21/h2-11H,12H2,1H3,(H,22,23). The molecule has 0 saturated carbocycles. The van der Waals surface area contributed by atoms with Gasteiger partial charge in [0.05, 0.1) is 7.11 Å². The van der Waals surface area contributed by atoms with Crippen molar-refractivity contribution in [2.24, 2.45) is 0 Å². The van der Waals surface area contributed by atoms with Crippen LogP contribution < -0.4 is 14.8 Å². The normalized spacial score (nSPS) is 11.4. The Balaban J connectivity index is 1.88. The van der Waals surface area contributed by atoms with Crippen LogP contribution in [0, 0.1) is 0 Å². The van der Waals surface area contributed by atoms with Gasteiger partial charge in [0.25, 0.3) is 0 Å². The van der Waals surface area contributed by atoms with E-state index in [1.54, 1.807) is 19.3 Å². The molecule has 0 aliphatic heterocycles. The summed E-state index contributed by atoms with van der Waals surface area (Å²) in [6.45, 7) is 0.182. The quantitative estimate of drug-likeness (QED) is 0.803. The highest BCUT2D eigenvalue weighted by atomic mass is 19.4.